The highest BCUT2D eigenvalue weighted by atomic mass is 16.6. The van der Waals surface area contributed by atoms with Crippen LogP contribution in [0.5, 0.6) is 0 Å². The summed E-state index contributed by atoms with van der Waals surface area (Å²) < 4.78 is 16.8. The fourth-order valence-electron chi connectivity index (χ4n) is 9.16. The normalized spacial score (nSPS) is 13.0. The van der Waals surface area contributed by atoms with Crippen LogP contribution in [0.25, 0.3) is 0 Å². The van der Waals surface area contributed by atoms with Gasteiger partial charge in [0.05, 0.1) is 0 Å². The molecule has 0 aliphatic carbocycles. The van der Waals surface area contributed by atoms with Crippen molar-refractivity contribution in [3.05, 3.63) is 134 Å². The van der Waals surface area contributed by atoms with Crippen LogP contribution in [0.15, 0.2) is 134 Å². The van der Waals surface area contributed by atoms with Gasteiger partial charge >= 0.3 is 17.9 Å². The average Bonchev–Trinajstić information content (AvgIpc) is 3.47. The number of unbranched alkanes of at least 4 members (excludes halogenated alkanes) is 27. The summed E-state index contributed by atoms with van der Waals surface area (Å²) >= 11 is 0. The lowest BCUT2D eigenvalue weighted by molar-refractivity contribution is -0.167. The molecule has 0 saturated heterocycles. The molecule has 0 amide bonds. The largest absolute Gasteiger partial charge is 0.462 e. The Balaban J connectivity index is 4.38. The first kappa shape index (κ1) is 76.5. The molecular weight excluding hydrogens is 997 g/mol. The van der Waals surface area contributed by atoms with E-state index < -0.39 is 6.10 Å². The number of ether oxygens (including phenoxy) is 3. The van der Waals surface area contributed by atoms with Crippen LogP contribution < -0.4 is 0 Å². The van der Waals surface area contributed by atoms with Gasteiger partial charge in [-0.05, 0) is 122 Å². The minimum Gasteiger partial charge on any atom is -0.462 e. The molecule has 0 rings (SSSR count). The van der Waals surface area contributed by atoms with Crippen LogP contribution >= 0.6 is 0 Å². The highest BCUT2D eigenvalue weighted by molar-refractivity contribution is 5.71. The van der Waals surface area contributed by atoms with Gasteiger partial charge in [-0.25, -0.2) is 0 Å². The molecule has 1 atom stereocenters. The van der Waals surface area contributed by atoms with Crippen molar-refractivity contribution in [1.29, 1.82) is 0 Å². The van der Waals surface area contributed by atoms with Gasteiger partial charge in [-0.15, -0.1) is 0 Å². The molecule has 6 heteroatoms. The summed E-state index contributed by atoms with van der Waals surface area (Å²) in [4.78, 5) is 38.3. The lowest BCUT2D eigenvalue weighted by Gasteiger charge is -2.18. The van der Waals surface area contributed by atoms with E-state index in [1.807, 2.05) is 0 Å². The van der Waals surface area contributed by atoms with Gasteiger partial charge in [0.25, 0.3) is 0 Å². The zero-order valence-corrected chi connectivity index (χ0v) is 52.8. The summed E-state index contributed by atoms with van der Waals surface area (Å²) in [6.45, 7) is 6.33. The first-order valence-electron chi connectivity index (χ1n) is 33.7. The van der Waals surface area contributed by atoms with Crippen molar-refractivity contribution in [2.75, 3.05) is 13.2 Å². The van der Waals surface area contributed by atoms with Crippen LogP contribution in [0.4, 0.5) is 0 Å². The molecule has 0 aromatic heterocycles. The summed E-state index contributed by atoms with van der Waals surface area (Å²) in [5, 5.41) is 0. The van der Waals surface area contributed by atoms with E-state index >= 15 is 0 Å². The minimum atomic E-state index is -0.836. The minimum absolute atomic E-state index is 0.121. The zero-order valence-electron chi connectivity index (χ0n) is 52.8. The molecule has 0 aromatic carbocycles. The number of carbonyl (C=O) groups is 3. The Kier molecular flexibility index (Phi) is 64.3. The second-order valence-corrected chi connectivity index (χ2v) is 22.0. The second-order valence-electron chi connectivity index (χ2n) is 22.0. The van der Waals surface area contributed by atoms with Gasteiger partial charge in [0.2, 0.25) is 0 Å². The summed E-state index contributed by atoms with van der Waals surface area (Å²) in [5.41, 5.74) is 0. The predicted octanol–water partition coefficient (Wildman–Crippen LogP) is 23.3. The third kappa shape index (κ3) is 66.2. The molecule has 0 saturated carbocycles. The van der Waals surface area contributed by atoms with Gasteiger partial charge in [-0.3, -0.25) is 14.4 Å². The van der Waals surface area contributed by atoms with Crippen molar-refractivity contribution in [3.63, 3.8) is 0 Å². The van der Waals surface area contributed by atoms with E-state index in [1.165, 1.54) is 154 Å². The van der Waals surface area contributed by atoms with Crippen molar-refractivity contribution in [2.24, 2.45) is 0 Å². The van der Waals surface area contributed by atoms with Gasteiger partial charge in [0.1, 0.15) is 13.2 Å². The van der Waals surface area contributed by atoms with Crippen molar-refractivity contribution in [2.45, 2.75) is 309 Å². The third-order valence-electron chi connectivity index (χ3n) is 14.1. The Labute approximate surface area is 500 Å². The fraction of sp³-hybridized carbons (Fsp3) is 0.667. The number of allylic oxidation sites excluding steroid dienone is 22. The maximum atomic E-state index is 12.9. The molecule has 81 heavy (non-hydrogen) atoms. The number of hydrogen-bond donors (Lipinski definition) is 0. The lowest BCUT2D eigenvalue weighted by atomic mass is 10.0. The van der Waals surface area contributed by atoms with Gasteiger partial charge in [-0.2, -0.15) is 0 Å². The molecule has 0 aliphatic rings. The SMILES string of the molecule is CC/C=C\C/C=C\C/C=C\C/C=C\C/C=C\CCCC(=O)OCC(COC(=O)CCCCCCCCCCCCCCCCCCC/C=C\CCCCCCCCCC)OC(=O)CCC/C=C\C/C=C\C/C=C\C/C=C\C/C=C\CC. The highest BCUT2D eigenvalue weighted by Gasteiger charge is 2.19. The van der Waals surface area contributed by atoms with E-state index in [0.29, 0.717) is 19.3 Å². The zero-order chi connectivity index (χ0) is 58.5. The number of hydrogen-bond acceptors (Lipinski definition) is 6. The topological polar surface area (TPSA) is 78.9 Å². The third-order valence-corrected chi connectivity index (χ3v) is 14.1. The maximum Gasteiger partial charge on any atom is 0.306 e. The van der Waals surface area contributed by atoms with Crippen LogP contribution in [-0.4, -0.2) is 37.2 Å². The lowest BCUT2D eigenvalue weighted by Crippen LogP contribution is -2.30. The fourth-order valence-corrected chi connectivity index (χ4v) is 9.16. The van der Waals surface area contributed by atoms with Crippen LogP contribution in [0.2, 0.25) is 0 Å². The van der Waals surface area contributed by atoms with Crippen LogP contribution in [0.3, 0.4) is 0 Å². The van der Waals surface area contributed by atoms with Crippen LogP contribution in [0.1, 0.15) is 303 Å². The first-order chi connectivity index (χ1) is 40.0. The Morgan fingerprint density at radius 1 is 0.259 bits per heavy atom. The highest BCUT2D eigenvalue weighted by Crippen LogP contribution is 2.16. The van der Waals surface area contributed by atoms with E-state index in [9.17, 15) is 14.4 Å². The molecule has 0 spiro atoms. The number of esters is 3. The van der Waals surface area contributed by atoms with E-state index in [-0.39, 0.29) is 44.0 Å². The molecule has 0 heterocycles. The Morgan fingerprint density at radius 2 is 0.494 bits per heavy atom. The molecule has 0 bridgehead atoms. The van der Waals surface area contributed by atoms with E-state index in [4.69, 9.17) is 14.2 Å². The smallest absolute Gasteiger partial charge is 0.306 e. The number of carbonyl (C=O) groups excluding carboxylic acids is 3. The second kappa shape index (κ2) is 68.1. The van der Waals surface area contributed by atoms with E-state index in [0.717, 1.165) is 96.3 Å². The molecular formula is C75H124O6. The predicted molar refractivity (Wildman–Crippen MR) is 353 cm³/mol. The van der Waals surface area contributed by atoms with Gasteiger partial charge in [0.15, 0.2) is 6.10 Å². The summed E-state index contributed by atoms with van der Waals surface area (Å²) in [5.74, 6) is -1.04. The number of rotatable bonds is 60. The molecule has 6 nitrogen and oxygen atoms in total. The van der Waals surface area contributed by atoms with Crippen molar-refractivity contribution >= 4 is 17.9 Å². The van der Waals surface area contributed by atoms with Crippen LogP contribution in [-0.2, 0) is 28.6 Å². The molecule has 0 fully saturated rings. The summed E-state index contributed by atoms with van der Waals surface area (Å²) in [6.07, 6.45) is 96.4. The van der Waals surface area contributed by atoms with Gasteiger partial charge in [-0.1, -0.05) is 296 Å². The summed E-state index contributed by atoms with van der Waals surface area (Å²) in [6, 6.07) is 0. The molecule has 0 radical (unpaired) electrons. The maximum absolute atomic E-state index is 12.9. The van der Waals surface area contributed by atoms with E-state index in [1.54, 1.807) is 0 Å². The molecule has 0 aliphatic heterocycles. The van der Waals surface area contributed by atoms with Gasteiger partial charge < -0.3 is 14.2 Å². The van der Waals surface area contributed by atoms with Crippen molar-refractivity contribution in [3.8, 4) is 0 Å². The molecule has 0 aromatic rings. The van der Waals surface area contributed by atoms with Crippen LogP contribution in [0, 0.1) is 0 Å². The monoisotopic (exact) mass is 1120 g/mol. The van der Waals surface area contributed by atoms with Crippen molar-refractivity contribution < 1.29 is 28.6 Å². The molecule has 0 N–H and O–H groups in total. The van der Waals surface area contributed by atoms with Crippen molar-refractivity contribution in [1.82, 2.24) is 0 Å². The summed E-state index contributed by atoms with van der Waals surface area (Å²) in [7, 11) is 0. The Morgan fingerprint density at radius 3 is 0.815 bits per heavy atom. The van der Waals surface area contributed by atoms with E-state index in [2.05, 4.69) is 154 Å². The quantitative estimate of drug-likeness (QED) is 0.0261. The standard InChI is InChI=1S/C75H124O6/c1-4-7-10-13-16-19-22-25-28-31-32-33-34-35-36-37-38-39-40-41-42-45-47-50-53-56-59-62-65-68-74(77)80-71-72(81-75(78)69-66-63-60-57-54-51-48-44-30-27-24-21-18-15-12-9-6-3)70-79-73(76)67-64-61-58-55-52-49-46-43-29-26-23-20-17-14-11-8-5-2/h8-9,11-12,17-18,20-21,26-27,29-32,46,48-49,51,55,57-58,60,72H,4-7,10,13-16,19,22-25,28,33-45,47,50,52-54,56,59,61-71H2,1-3H3/b11-8-,12-9-,20-17-,21-18-,29-26-,30-27-,32-31-,49-46-,51-48-,58-55-,60-57-. The Hall–Kier alpha value is -4.45. The first-order valence-corrected chi connectivity index (χ1v) is 33.7. The molecule has 460 valence electrons. The average molecular weight is 1120 g/mol. The Bertz CT molecular complexity index is 1720. The van der Waals surface area contributed by atoms with Gasteiger partial charge in [0, 0.05) is 19.3 Å². The molecule has 1 unspecified atom stereocenters.